The Hall–Kier alpha value is -1.03. The van der Waals surface area contributed by atoms with E-state index in [2.05, 4.69) is 46.5 Å². The molecule has 0 bridgehead atoms. The second-order valence-corrected chi connectivity index (χ2v) is 6.17. The van der Waals surface area contributed by atoms with Crippen molar-refractivity contribution in [3.8, 4) is 0 Å². The van der Waals surface area contributed by atoms with E-state index in [9.17, 15) is 0 Å². The normalized spacial score (nSPS) is 26.8. The molecule has 0 aromatic rings. The van der Waals surface area contributed by atoms with Gasteiger partial charge in [0.15, 0.2) is 5.96 Å². The van der Waals surface area contributed by atoms with Crippen LogP contribution in [0.3, 0.4) is 0 Å². The van der Waals surface area contributed by atoms with E-state index in [1.165, 1.54) is 25.8 Å². The van der Waals surface area contributed by atoms with Gasteiger partial charge < -0.3 is 10.6 Å². The maximum absolute atomic E-state index is 4.34. The SMILES string of the molecule is CN=C(NCC(C)N1CCCCC1C)NC1CC=CC1. The summed E-state index contributed by atoms with van der Waals surface area (Å²) in [4.78, 5) is 6.96. The third-order valence-electron chi connectivity index (χ3n) is 4.56. The fraction of sp³-hybridized carbons (Fsp3) is 0.812. The van der Waals surface area contributed by atoms with Gasteiger partial charge in [0.25, 0.3) is 0 Å². The second kappa shape index (κ2) is 7.67. The zero-order chi connectivity index (χ0) is 14.4. The van der Waals surface area contributed by atoms with Crippen molar-refractivity contribution >= 4 is 5.96 Å². The van der Waals surface area contributed by atoms with Crippen molar-refractivity contribution in [3.05, 3.63) is 12.2 Å². The van der Waals surface area contributed by atoms with E-state index in [1.54, 1.807) is 0 Å². The highest BCUT2D eigenvalue weighted by molar-refractivity contribution is 5.80. The number of nitrogens with zero attached hydrogens (tertiary/aromatic N) is 2. The molecule has 1 saturated heterocycles. The maximum atomic E-state index is 4.34. The molecule has 0 radical (unpaired) electrons. The fourth-order valence-corrected chi connectivity index (χ4v) is 3.26. The number of guanidine groups is 1. The molecule has 0 aromatic heterocycles. The first-order valence-corrected chi connectivity index (χ1v) is 8.08. The summed E-state index contributed by atoms with van der Waals surface area (Å²) < 4.78 is 0. The molecule has 0 saturated carbocycles. The molecule has 1 aliphatic heterocycles. The highest BCUT2D eigenvalue weighted by atomic mass is 15.2. The first-order valence-electron chi connectivity index (χ1n) is 8.08. The van der Waals surface area contributed by atoms with Crippen molar-refractivity contribution in [1.29, 1.82) is 0 Å². The smallest absolute Gasteiger partial charge is 0.191 e. The molecule has 114 valence electrons. The Morgan fingerprint density at radius 2 is 2.10 bits per heavy atom. The minimum atomic E-state index is 0.519. The lowest BCUT2D eigenvalue weighted by Crippen LogP contribution is -2.51. The van der Waals surface area contributed by atoms with E-state index in [1.807, 2.05) is 7.05 Å². The summed E-state index contributed by atoms with van der Waals surface area (Å²) in [7, 11) is 1.85. The zero-order valence-electron chi connectivity index (χ0n) is 13.2. The van der Waals surface area contributed by atoms with Crippen molar-refractivity contribution < 1.29 is 0 Å². The topological polar surface area (TPSA) is 39.7 Å². The van der Waals surface area contributed by atoms with Gasteiger partial charge in [0.05, 0.1) is 0 Å². The summed E-state index contributed by atoms with van der Waals surface area (Å²) in [6, 6.07) is 1.80. The quantitative estimate of drug-likeness (QED) is 0.470. The summed E-state index contributed by atoms with van der Waals surface area (Å²) in [5, 5.41) is 6.98. The van der Waals surface area contributed by atoms with Crippen LogP contribution in [-0.4, -0.2) is 49.1 Å². The standard InChI is InChI=1S/C16H30N4/c1-13-8-6-7-11-20(13)14(2)12-18-16(17-3)19-15-9-4-5-10-15/h4-5,13-15H,6-12H2,1-3H3,(H2,17,18,19). The molecule has 0 aromatic carbocycles. The van der Waals surface area contributed by atoms with Crippen LogP contribution in [0, 0.1) is 0 Å². The van der Waals surface area contributed by atoms with E-state index in [-0.39, 0.29) is 0 Å². The molecule has 2 N–H and O–H groups in total. The van der Waals surface area contributed by atoms with E-state index in [0.29, 0.717) is 12.1 Å². The highest BCUT2D eigenvalue weighted by Crippen LogP contribution is 2.18. The first kappa shape index (κ1) is 15.4. The average molecular weight is 278 g/mol. The van der Waals surface area contributed by atoms with Gasteiger partial charge >= 0.3 is 0 Å². The van der Waals surface area contributed by atoms with Crippen LogP contribution in [-0.2, 0) is 0 Å². The van der Waals surface area contributed by atoms with Crippen LogP contribution in [0.2, 0.25) is 0 Å². The highest BCUT2D eigenvalue weighted by Gasteiger charge is 2.23. The Kier molecular flexibility index (Phi) is 5.89. The van der Waals surface area contributed by atoms with Gasteiger partial charge in [0.2, 0.25) is 0 Å². The molecule has 20 heavy (non-hydrogen) atoms. The van der Waals surface area contributed by atoms with Crippen LogP contribution in [0.1, 0.15) is 46.0 Å². The summed E-state index contributed by atoms with van der Waals surface area (Å²) in [6.07, 6.45) is 10.8. The minimum absolute atomic E-state index is 0.519. The summed E-state index contributed by atoms with van der Waals surface area (Å²) >= 11 is 0. The Labute approximate surface area is 123 Å². The molecule has 1 heterocycles. The van der Waals surface area contributed by atoms with Gasteiger partial charge in [-0.3, -0.25) is 9.89 Å². The van der Waals surface area contributed by atoms with Crippen LogP contribution in [0.15, 0.2) is 17.1 Å². The molecule has 0 spiro atoms. The van der Waals surface area contributed by atoms with Crippen LogP contribution in [0.4, 0.5) is 0 Å². The molecule has 1 aliphatic carbocycles. The van der Waals surface area contributed by atoms with Crippen LogP contribution < -0.4 is 10.6 Å². The molecule has 2 rings (SSSR count). The fourth-order valence-electron chi connectivity index (χ4n) is 3.26. The Morgan fingerprint density at radius 1 is 1.35 bits per heavy atom. The number of rotatable bonds is 4. The summed E-state index contributed by atoms with van der Waals surface area (Å²) in [5.41, 5.74) is 0. The molecule has 4 nitrogen and oxygen atoms in total. The predicted molar refractivity (Wildman–Crippen MR) is 86.1 cm³/mol. The zero-order valence-corrected chi connectivity index (χ0v) is 13.2. The molecule has 2 aliphatic rings. The summed E-state index contributed by atoms with van der Waals surface area (Å²) in [5.74, 6) is 0.940. The number of hydrogen-bond acceptors (Lipinski definition) is 2. The van der Waals surface area contributed by atoms with E-state index in [0.717, 1.165) is 31.4 Å². The van der Waals surface area contributed by atoms with Crippen molar-refractivity contribution in [3.63, 3.8) is 0 Å². The molecular formula is C16H30N4. The molecule has 2 atom stereocenters. The lowest BCUT2D eigenvalue weighted by atomic mass is 10.0. The molecule has 4 heteroatoms. The van der Waals surface area contributed by atoms with E-state index in [4.69, 9.17) is 0 Å². The molecule has 0 amide bonds. The van der Waals surface area contributed by atoms with Gasteiger partial charge in [-0.05, 0) is 46.1 Å². The molecule has 2 unspecified atom stereocenters. The lowest BCUT2D eigenvalue weighted by Gasteiger charge is -2.38. The second-order valence-electron chi connectivity index (χ2n) is 6.17. The Morgan fingerprint density at radius 3 is 2.75 bits per heavy atom. The van der Waals surface area contributed by atoms with Gasteiger partial charge in [0.1, 0.15) is 0 Å². The van der Waals surface area contributed by atoms with Gasteiger partial charge in [-0.15, -0.1) is 0 Å². The number of hydrogen-bond donors (Lipinski definition) is 2. The lowest BCUT2D eigenvalue weighted by molar-refractivity contribution is 0.115. The number of nitrogens with one attached hydrogen (secondary N) is 2. The van der Waals surface area contributed by atoms with Crippen molar-refractivity contribution in [2.45, 2.75) is 64.1 Å². The van der Waals surface area contributed by atoms with Crippen LogP contribution in [0.25, 0.3) is 0 Å². The molecular weight excluding hydrogens is 248 g/mol. The maximum Gasteiger partial charge on any atom is 0.191 e. The van der Waals surface area contributed by atoms with E-state index < -0.39 is 0 Å². The van der Waals surface area contributed by atoms with Crippen LogP contribution >= 0.6 is 0 Å². The minimum Gasteiger partial charge on any atom is -0.355 e. The van der Waals surface area contributed by atoms with Crippen molar-refractivity contribution in [2.75, 3.05) is 20.1 Å². The van der Waals surface area contributed by atoms with E-state index >= 15 is 0 Å². The number of piperidine rings is 1. The van der Waals surface area contributed by atoms with Gasteiger partial charge in [-0.25, -0.2) is 0 Å². The molecule has 1 fully saturated rings. The number of aliphatic imine (C=N–C) groups is 1. The number of likely N-dealkylation sites (tertiary alicyclic amines) is 1. The van der Waals surface area contributed by atoms with Crippen molar-refractivity contribution in [2.24, 2.45) is 4.99 Å². The third kappa shape index (κ3) is 4.23. The Bertz CT molecular complexity index is 342. The monoisotopic (exact) mass is 278 g/mol. The van der Waals surface area contributed by atoms with Gasteiger partial charge in [-0.2, -0.15) is 0 Å². The van der Waals surface area contributed by atoms with Gasteiger partial charge in [0, 0.05) is 31.7 Å². The van der Waals surface area contributed by atoms with Gasteiger partial charge in [-0.1, -0.05) is 18.6 Å². The summed E-state index contributed by atoms with van der Waals surface area (Å²) in [6.45, 7) is 6.87. The van der Waals surface area contributed by atoms with Crippen molar-refractivity contribution in [1.82, 2.24) is 15.5 Å². The van der Waals surface area contributed by atoms with Crippen LogP contribution in [0.5, 0.6) is 0 Å². The largest absolute Gasteiger partial charge is 0.355 e. The average Bonchev–Trinajstić information content (AvgIpc) is 2.96. The first-order chi connectivity index (χ1) is 9.70. The Balaban J connectivity index is 1.74. The third-order valence-corrected chi connectivity index (χ3v) is 4.56. The predicted octanol–water partition coefficient (Wildman–Crippen LogP) is 2.13.